The molecular formula is C31H20BrClN4O3. The average Bonchev–Trinajstić information content (AvgIpc) is 3.34. The number of aromatic nitrogens is 1. The molecule has 0 atom stereocenters. The summed E-state index contributed by atoms with van der Waals surface area (Å²) in [6, 6.07) is 26.7. The van der Waals surface area contributed by atoms with Crippen molar-refractivity contribution in [2.24, 2.45) is 5.10 Å². The Hall–Kier alpha value is -4.71. The third kappa shape index (κ3) is 5.52. The predicted molar refractivity (Wildman–Crippen MR) is 159 cm³/mol. The van der Waals surface area contributed by atoms with Gasteiger partial charge >= 0.3 is 5.97 Å². The molecule has 0 aliphatic rings. The van der Waals surface area contributed by atoms with Crippen LogP contribution in [-0.2, 0) is 0 Å². The van der Waals surface area contributed by atoms with Crippen molar-refractivity contribution in [3.8, 4) is 22.9 Å². The number of hydrogen-bond donors (Lipinski definition) is 2. The second kappa shape index (κ2) is 11.6. The zero-order valence-electron chi connectivity index (χ0n) is 21.0. The Morgan fingerprint density at radius 1 is 1.05 bits per heavy atom. The number of hydrogen-bond acceptors (Lipinski definition) is 5. The molecule has 196 valence electrons. The molecule has 0 saturated heterocycles. The maximum Gasteiger partial charge on any atom is 0.343 e. The largest absolute Gasteiger partial charge is 0.422 e. The zero-order valence-corrected chi connectivity index (χ0v) is 23.4. The van der Waals surface area contributed by atoms with Crippen molar-refractivity contribution in [3.63, 3.8) is 0 Å². The summed E-state index contributed by atoms with van der Waals surface area (Å²) in [7, 11) is 0. The van der Waals surface area contributed by atoms with E-state index in [9.17, 15) is 14.9 Å². The van der Waals surface area contributed by atoms with Gasteiger partial charge in [-0.2, -0.15) is 10.4 Å². The van der Waals surface area contributed by atoms with E-state index in [-0.39, 0.29) is 11.4 Å². The van der Waals surface area contributed by atoms with E-state index in [1.165, 1.54) is 6.21 Å². The number of benzene rings is 4. The van der Waals surface area contributed by atoms with Gasteiger partial charge in [-0.05, 0) is 49.4 Å². The maximum absolute atomic E-state index is 13.4. The monoisotopic (exact) mass is 610 g/mol. The first-order chi connectivity index (χ1) is 19.4. The van der Waals surface area contributed by atoms with Gasteiger partial charge in [-0.3, -0.25) is 4.79 Å². The number of para-hydroxylation sites is 1. The van der Waals surface area contributed by atoms with Crippen LogP contribution in [0.2, 0.25) is 5.02 Å². The first kappa shape index (κ1) is 26.9. The summed E-state index contributed by atoms with van der Waals surface area (Å²) in [5.41, 5.74) is 6.73. The van der Waals surface area contributed by atoms with Gasteiger partial charge < -0.3 is 9.72 Å². The molecule has 1 aromatic heterocycles. The molecule has 1 heterocycles. The normalized spacial score (nSPS) is 10.9. The van der Waals surface area contributed by atoms with Crippen LogP contribution in [0.5, 0.6) is 5.75 Å². The molecule has 0 saturated carbocycles. The first-order valence-corrected chi connectivity index (χ1v) is 13.2. The van der Waals surface area contributed by atoms with E-state index >= 15 is 0 Å². The number of hydrazone groups is 1. The molecule has 0 spiro atoms. The number of aromatic amines is 1. The summed E-state index contributed by atoms with van der Waals surface area (Å²) in [5, 5.41) is 14.9. The SMILES string of the molecule is Cc1ccc(C(=O)Oc2ccc(Br)cc2C=NNC(=O)c2[nH]c3c(C#N)cccc3c2-c2ccccc2Cl)cc1. The van der Waals surface area contributed by atoms with Gasteiger partial charge in [0.2, 0.25) is 0 Å². The Bertz CT molecular complexity index is 1840. The van der Waals surface area contributed by atoms with Gasteiger partial charge in [0, 0.05) is 31.6 Å². The standard InChI is InChI=1S/C31H20BrClN4O3/c1-18-9-11-19(12-10-18)31(39)40-26-14-13-22(32)15-21(26)17-35-37-30(38)29-27(23-6-2-3-8-25(23)33)24-7-4-5-20(16-34)28(24)36-29/h2-15,17,36H,1H3,(H,37,38). The topological polar surface area (TPSA) is 107 Å². The predicted octanol–water partition coefficient (Wildman–Crippen LogP) is 7.41. The van der Waals surface area contributed by atoms with Gasteiger partial charge in [0.25, 0.3) is 5.91 Å². The highest BCUT2D eigenvalue weighted by atomic mass is 79.9. The highest BCUT2D eigenvalue weighted by Crippen LogP contribution is 2.37. The molecule has 7 nitrogen and oxygen atoms in total. The molecule has 0 radical (unpaired) electrons. The minimum atomic E-state index is -0.542. The Morgan fingerprint density at radius 3 is 2.58 bits per heavy atom. The van der Waals surface area contributed by atoms with Crippen LogP contribution in [0.3, 0.4) is 0 Å². The van der Waals surface area contributed by atoms with Gasteiger partial charge in [-0.25, -0.2) is 10.2 Å². The summed E-state index contributed by atoms with van der Waals surface area (Å²) < 4.78 is 6.34. The molecule has 40 heavy (non-hydrogen) atoms. The number of carbonyl (C=O) groups excluding carboxylic acids is 2. The van der Waals surface area contributed by atoms with E-state index in [0.29, 0.717) is 43.7 Å². The second-order valence-corrected chi connectivity index (χ2v) is 10.2. The van der Waals surface area contributed by atoms with Crippen LogP contribution in [0.1, 0.15) is 37.5 Å². The number of rotatable bonds is 6. The van der Waals surface area contributed by atoms with E-state index in [1.807, 2.05) is 31.2 Å². The first-order valence-electron chi connectivity index (χ1n) is 12.1. The van der Waals surface area contributed by atoms with Crippen LogP contribution < -0.4 is 10.2 Å². The lowest BCUT2D eigenvalue weighted by Gasteiger charge is -2.09. The van der Waals surface area contributed by atoms with Crippen molar-refractivity contribution in [1.82, 2.24) is 10.4 Å². The number of ether oxygens (including phenoxy) is 1. The molecule has 0 bridgehead atoms. The van der Waals surface area contributed by atoms with Crippen molar-refractivity contribution in [2.75, 3.05) is 0 Å². The highest BCUT2D eigenvalue weighted by Gasteiger charge is 2.22. The van der Waals surface area contributed by atoms with Crippen LogP contribution in [0, 0.1) is 18.3 Å². The molecule has 9 heteroatoms. The summed E-state index contributed by atoms with van der Waals surface area (Å²) in [6.45, 7) is 1.93. The molecule has 0 unspecified atom stereocenters. The molecule has 0 aliphatic carbocycles. The molecule has 5 aromatic rings. The van der Waals surface area contributed by atoms with E-state index in [0.717, 1.165) is 10.0 Å². The van der Waals surface area contributed by atoms with Crippen LogP contribution in [0.25, 0.3) is 22.0 Å². The van der Waals surface area contributed by atoms with E-state index in [2.05, 4.69) is 37.5 Å². The molecule has 0 aliphatic heterocycles. The van der Waals surface area contributed by atoms with Crippen molar-refractivity contribution in [2.45, 2.75) is 6.92 Å². The quantitative estimate of drug-likeness (QED) is 0.0902. The molecule has 2 N–H and O–H groups in total. The number of aryl methyl sites for hydroxylation is 1. The van der Waals surface area contributed by atoms with Crippen LogP contribution >= 0.6 is 27.5 Å². The number of halogens is 2. The number of esters is 1. The fraction of sp³-hybridized carbons (Fsp3) is 0.0323. The van der Waals surface area contributed by atoms with Crippen LogP contribution in [-0.4, -0.2) is 23.1 Å². The van der Waals surface area contributed by atoms with Crippen LogP contribution in [0.15, 0.2) is 94.5 Å². The van der Waals surface area contributed by atoms with Crippen molar-refractivity contribution in [1.29, 1.82) is 5.26 Å². The van der Waals surface area contributed by atoms with E-state index in [4.69, 9.17) is 16.3 Å². The Kier molecular flexibility index (Phi) is 7.78. The van der Waals surface area contributed by atoms with Crippen LogP contribution in [0.4, 0.5) is 0 Å². The number of nitrogens with one attached hydrogen (secondary N) is 2. The van der Waals surface area contributed by atoms with Gasteiger partial charge in [-0.1, -0.05) is 75.6 Å². The lowest BCUT2D eigenvalue weighted by Crippen LogP contribution is -2.19. The summed E-state index contributed by atoms with van der Waals surface area (Å²) in [6.07, 6.45) is 1.39. The smallest absolute Gasteiger partial charge is 0.343 e. The minimum absolute atomic E-state index is 0.197. The maximum atomic E-state index is 13.4. The van der Waals surface area contributed by atoms with Crippen molar-refractivity contribution >= 4 is 56.5 Å². The lowest BCUT2D eigenvalue weighted by atomic mass is 10.0. The second-order valence-electron chi connectivity index (χ2n) is 8.83. The molecule has 0 fully saturated rings. The van der Waals surface area contributed by atoms with Gasteiger partial charge in [0.1, 0.15) is 17.5 Å². The molecule has 4 aromatic carbocycles. The minimum Gasteiger partial charge on any atom is -0.422 e. The van der Waals surface area contributed by atoms with E-state index in [1.54, 1.807) is 60.7 Å². The van der Waals surface area contributed by atoms with Gasteiger partial charge in [-0.15, -0.1) is 0 Å². The molecule has 5 rings (SSSR count). The van der Waals surface area contributed by atoms with E-state index < -0.39 is 11.9 Å². The summed E-state index contributed by atoms with van der Waals surface area (Å²) >= 11 is 9.91. The number of H-pyrrole nitrogens is 1. The summed E-state index contributed by atoms with van der Waals surface area (Å²) in [4.78, 5) is 29.1. The van der Waals surface area contributed by atoms with Gasteiger partial charge in [0.15, 0.2) is 0 Å². The highest BCUT2D eigenvalue weighted by molar-refractivity contribution is 9.10. The molecular weight excluding hydrogens is 592 g/mol. The molecule has 1 amide bonds. The third-order valence-electron chi connectivity index (χ3n) is 6.16. The zero-order chi connectivity index (χ0) is 28.2. The average molecular weight is 612 g/mol. The number of amides is 1. The number of nitriles is 1. The summed E-state index contributed by atoms with van der Waals surface area (Å²) in [5.74, 6) is -0.788. The Morgan fingerprint density at radius 2 is 1.82 bits per heavy atom. The number of nitrogens with zero attached hydrogens (tertiary/aromatic N) is 2. The fourth-order valence-electron chi connectivity index (χ4n) is 4.20. The fourth-order valence-corrected chi connectivity index (χ4v) is 4.81. The number of fused-ring (bicyclic) bond motifs is 1. The number of carbonyl (C=O) groups is 2. The lowest BCUT2D eigenvalue weighted by molar-refractivity contribution is 0.0734. The third-order valence-corrected chi connectivity index (χ3v) is 6.98. The Balaban J connectivity index is 1.45. The Labute approximate surface area is 243 Å². The van der Waals surface area contributed by atoms with Gasteiger partial charge in [0.05, 0.1) is 22.9 Å². The van der Waals surface area contributed by atoms with Crippen molar-refractivity contribution in [3.05, 3.63) is 122 Å². The van der Waals surface area contributed by atoms with Crippen molar-refractivity contribution < 1.29 is 14.3 Å².